The molecular weight excluding hydrogens is 347 g/mol. The lowest BCUT2D eigenvalue weighted by molar-refractivity contribution is -0.000309. The third-order valence-corrected chi connectivity index (χ3v) is 5.59. The van der Waals surface area contributed by atoms with Crippen molar-refractivity contribution in [3.05, 3.63) is 59.9 Å². The summed E-state index contributed by atoms with van der Waals surface area (Å²) in [5, 5.41) is 7.15. The number of para-hydroxylation sites is 1. The number of hydrogen-bond acceptors (Lipinski definition) is 2. The molecule has 1 aliphatic heterocycles. The van der Waals surface area contributed by atoms with Crippen LogP contribution in [0.1, 0.15) is 50.1 Å². The number of nitrogens with one attached hydrogen (secondary N) is 2. The van der Waals surface area contributed by atoms with E-state index in [0.717, 1.165) is 36.3 Å². The van der Waals surface area contributed by atoms with Gasteiger partial charge in [-0.05, 0) is 68.2 Å². The Kier molecular flexibility index (Phi) is 4.81. The smallest absolute Gasteiger partial charge is 0.171 e. The number of anilines is 1. The summed E-state index contributed by atoms with van der Waals surface area (Å²) in [6.07, 6.45) is 6.82. The molecule has 4 rings (SSSR count). The van der Waals surface area contributed by atoms with Crippen LogP contribution in [-0.4, -0.2) is 10.7 Å². The summed E-state index contributed by atoms with van der Waals surface area (Å²) >= 11 is 5.51. The van der Waals surface area contributed by atoms with Crippen LogP contribution in [0, 0.1) is 5.82 Å². The van der Waals surface area contributed by atoms with Crippen LogP contribution in [0.5, 0.6) is 5.75 Å². The van der Waals surface area contributed by atoms with E-state index in [2.05, 4.69) is 22.8 Å². The molecule has 1 heterocycles. The molecule has 1 spiro atoms. The first-order chi connectivity index (χ1) is 12.6. The van der Waals surface area contributed by atoms with Crippen LogP contribution in [0.3, 0.4) is 0 Å². The number of fused-ring (bicyclic) bond motifs is 1. The molecule has 0 radical (unpaired) electrons. The number of ether oxygens (including phenoxy) is 1. The van der Waals surface area contributed by atoms with Crippen molar-refractivity contribution in [2.45, 2.75) is 50.2 Å². The lowest BCUT2D eigenvalue weighted by Crippen LogP contribution is -2.47. The van der Waals surface area contributed by atoms with Crippen LogP contribution in [0.4, 0.5) is 10.1 Å². The van der Waals surface area contributed by atoms with Gasteiger partial charge in [0.25, 0.3) is 0 Å². The fourth-order valence-corrected chi connectivity index (χ4v) is 4.37. The zero-order valence-electron chi connectivity index (χ0n) is 14.6. The number of benzene rings is 2. The van der Waals surface area contributed by atoms with Crippen LogP contribution in [0.25, 0.3) is 0 Å². The monoisotopic (exact) mass is 370 g/mol. The van der Waals surface area contributed by atoms with Crippen molar-refractivity contribution in [1.82, 2.24) is 5.32 Å². The van der Waals surface area contributed by atoms with Crippen molar-refractivity contribution in [3.63, 3.8) is 0 Å². The van der Waals surface area contributed by atoms with Gasteiger partial charge in [-0.2, -0.15) is 0 Å². The maximum absolute atomic E-state index is 13.1. The van der Waals surface area contributed by atoms with E-state index in [1.54, 1.807) is 12.1 Å². The topological polar surface area (TPSA) is 33.3 Å². The Bertz CT molecular complexity index is 787. The Hall–Kier alpha value is -2.14. The molecule has 2 N–H and O–H groups in total. The van der Waals surface area contributed by atoms with Crippen molar-refractivity contribution < 1.29 is 9.13 Å². The maximum atomic E-state index is 13.1. The first kappa shape index (κ1) is 17.3. The molecule has 3 nitrogen and oxygen atoms in total. The lowest BCUT2D eigenvalue weighted by atomic mass is 9.77. The second-order valence-corrected chi connectivity index (χ2v) is 7.65. The Morgan fingerprint density at radius 2 is 1.77 bits per heavy atom. The van der Waals surface area contributed by atoms with E-state index in [-0.39, 0.29) is 17.5 Å². The molecular formula is C21H23FN2OS. The van der Waals surface area contributed by atoms with E-state index >= 15 is 0 Å². The summed E-state index contributed by atoms with van der Waals surface area (Å²) in [6, 6.07) is 14.5. The van der Waals surface area contributed by atoms with Crippen LogP contribution >= 0.6 is 12.2 Å². The van der Waals surface area contributed by atoms with Gasteiger partial charge in [0.1, 0.15) is 17.2 Å². The predicted molar refractivity (Wildman–Crippen MR) is 106 cm³/mol. The molecule has 0 unspecified atom stereocenters. The highest BCUT2D eigenvalue weighted by atomic mass is 32.1. The molecule has 0 aromatic heterocycles. The Balaban J connectivity index is 1.52. The normalized spacial score (nSPS) is 20.7. The Morgan fingerprint density at radius 3 is 2.54 bits per heavy atom. The minimum Gasteiger partial charge on any atom is -0.487 e. The van der Waals surface area contributed by atoms with Gasteiger partial charge < -0.3 is 15.4 Å². The van der Waals surface area contributed by atoms with Gasteiger partial charge in [-0.3, -0.25) is 0 Å². The van der Waals surface area contributed by atoms with Crippen molar-refractivity contribution in [1.29, 1.82) is 0 Å². The van der Waals surface area contributed by atoms with E-state index in [0.29, 0.717) is 5.11 Å². The summed E-state index contributed by atoms with van der Waals surface area (Å²) in [5.74, 6) is 0.703. The van der Waals surface area contributed by atoms with Crippen molar-refractivity contribution in [2.75, 3.05) is 5.32 Å². The van der Waals surface area contributed by atoms with Crippen molar-refractivity contribution >= 4 is 23.0 Å². The molecule has 0 bridgehead atoms. The summed E-state index contributed by atoms with van der Waals surface area (Å²) in [4.78, 5) is 0. The van der Waals surface area contributed by atoms with E-state index in [4.69, 9.17) is 17.0 Å². The van der Waals surface area contributed by atoms with Gasteiger partial charge in [0.2, 0.25) is 0 Å². The average molecular weight is 370 g/mol. The quantitative estimate of drug-likeness (QED) is 0.699. The van der Waals surface area contributed by atoms with Crippen LogP contribution in [-0.2, 0) is 0 Å². The molecule has 0 saturated heterocycles. The van der Waals surface area contributed by atoms with E-state index in [9.17, 15) is 4.39 Å². The Labute approximate surface area is 158 Å². The molecule has 1 fully saturated rings. The molecule has 0 amide bonds. The highest BCUT2D eigenvalue weighted by Crippen LogP contribution is 2.46. The molecule has 2 aromatic carbocycles. The largest absolute Gasteiger partial charge is 0.487 e. The highest BCUT2D eigenvalue weighted by Gasteiger charge is 2.41. The third kappa shape index (κ3) is 3.68. The molecule has 2 aliphatic rings. The van der Waals surface area contributed by atoms with Gasteiger partial charge in [0, 0.05) is 17.7 Å². The summed E-state index contributed by atoms with van der Waals surface area (Å²) in [6.45, 7) is 0. The van der Waals surface area contributed by atoms with Gasteiger partial charge in [-0.25, -0.2) is 4.39 Å². The van der Waals surface area contributed by atoms with Crippen LogP contribution in [0.2, 0.25) is 0 Å². The number of halogens is 1. The molecule has 1 saturated carbocycles. The van der Waals surface area contributed by atoms with Gasteiger partial charge in [0.05, 0.1) is 6.04 Å². The van der Waals surface area contributed by atoms with E-state index in [1.807, 2.05) is 12.1 Å². The first-order valence-corrected chi connectivity index (χ1v) is 9.65. The van der Waals surface area contributed by atoms with Crippen molar-refractivity contribution in [2.24, 2.45) is 0 Å². The number of rotatable bonds is 2. The molecule has 26 heavy (non-hydrogen) atoms. The number of hydrogen-bond donors (Lipinski definition) is 2. The van der Waals surface area contributed by atoms with Crippen LogP contribution in [0.15, 0.2) is 48.5 Å². The summed E-state index contributed by atoms with van der Waals surface area (Å²) in [7, 11) is 0. The van der Waals surface area contributed by atoms with Gasteiger partial charge in [-0.1, -0.05) is 24.6 Å². The first-order valence-electron chi connectivity index (χ1n) is 9.25. The molecule has 1 aliphatic carbocycles. The highest BCUT2D eigenvalue weighted by molar-refractivity contribution is 7.80. The average Bonchev–Trinajstić information content (AvgIpc) is 2.64. The molecule has 1 atom stereocenters. The minimum absolute atomic E-state index is 0.0875. The standard InChI is InChI=1S/C21H23FN2OS/c22-15-8-10-16(11-9-15)23-20(26)24-18-14-21(12-4-1-5-13-21)25-19-7-3-2-6-17(18)19/h2-3,6-11,18H,1,4-5,12-14H2,(H2,23,24,26)/t18-/m1/s1. The minimum atomic E-state index is -0.257. The molecule has 5 heteroatoms. The SMILES string of the molecule is Fc1ccc(NC(=S)N[C@@H]2CC3(CCCCC3)Oc3ccccc32)cc1. The zero-order valence-corrected chi connectivity index (χ0v) is 15.4. The van der Waals surface area contributed by atoms with Gasteiger partial charge in [-0.15, -0.1) is 0 Å². The third-order valence-electron chi connectivity index (χ3n) is 5.37. The van der Waals surface area contributed by atoms with E-state index < -0.39 is 0 Å². The van der Waals surface area contributed by atoms with Gasteiger partial charge >= 0.3 is 0 Å². The number of thiocarbonyl (C=S) groups is 1. The summed E-state index contributed by atoms with van der Waals surface area (Å²) in [5.41, 5.74) is 1.83. The zero-order chi connectivity index (χ0) is 18.0. The predicted octanol–water partition coefficient (Wildman–Crippen LogP) is 5.34. The van der Waals surface area contributed by atoms with Crippen molar-refractivity contribution in [3.8, 4) is 5.75 Å². The van der Waals surface area contributed by atoms with E-state index in [1.165, 1.54) is 31.4 Å². The lowest BCUT2D eigenvalue weighted by Gasteiger charge is -2.44. The summed E-state index contributed by atoms with van der Waals surface area (Å²) < 4.78 is 19.5. The fraction of sp³-hybridized carbons (Fsp3) is 0.381. The van der Waals surface area contributed by atoms with Crippen LogP contribution < -0.4 is 15.4 Å². The fourth-order valence-electron chi connectivity index (χ4n) is 4.11. The second kappa shape index (κ2) is 7.23. The molecule has 136 valence electrons. The van der Waals surface area contributed by atoms with Gasteiger partial charge in [0.15, 0.2) is 5.11 Å². The maximum Gasteiger partial charge on any atom is 0.171 e. The Morgan fingerprint density at radius 1 is 1.04 bits per heavy atom. The second-order valence-electron chi connectivity index (χ2n) is 7.25. The molecule has 2 aromatic rings.